The van der Waals surface area contributed by atoms with Crippen molar-refractivity contribution in [2.24, 2.45) is 0 Å². The van der Waals surface area contributed by atoms with E-state index in [-0.39, 0.29) is 0 Å². The van der Waals surface area contributed by atoms with E-state index in [4.69, 9.17) is 9.47 Å². The lowest BCUT2D eigenvalue weighted by molar-refractivity contribution is 0.295. The third kappa shape index (κ3) is 13.2. The predicted molar refractivity (Wildman–Crippen MR) is 183 cm³/mol. The molecule has 3 heteroatoms. The van der Waals surface area contributed by atoms with Gasteiger partial charge >= 0.3 is 0 Å². The van der Waals surface area contributed by atoms with Gasteiger partial charge in [0.2, 0.25) is 0 Å². The standard InChI is InChI=1S/C38H49BrO2/c1-3-5-7-9-11-16-28-40-37-31-35(25-21-33-22-26-36(39)27-23-33)38(41-29-17-12-10-8-6-4-2)30-34(37)24-20-32-18-14-13-15-19-32/h13-15,18-27,30-31H,3-12,16-17,28-29H2,1-2H3/b24-20+,25-21+. The normalized spacial score (nSPS) is 11.5. The van der Waals surface area contributed by atoms with Gasteiger partial charge in [-0.05, 0) is 48.2 Å². The van der Waals surface area contributed by atoms with Crippen LogP contribution in [0.25, 0.3) is 24.3 Å². The number of hydrogen-bond acceptors (Lipinski definition) is 2. The van der Waals surface area contributed by atoms with E-state index in [0.717, 1.165) is 58.7 Å². The Kier molecular flexibility index (Phi) is 16.1. The Morgan fingerprint density at radius 1 is 0.512 bits per heavy atom. The zero-order valence-electron chi connectivity index (χ0n) is 25.3. The second kappa shape index (κ2) is 20.2. The average molecular weight is 618 g/mol. The van der Waals surface area contributed by atoms with Crippen molar-refractivity contribution in [3.8, 4) is 11.5 Å². The van der Waals surface area contributed by atoms with Crippen molar-refractivity contribution in [1.29, 1.82) is 0 Å². The topological polar surface area (TPSA) is 18.5 Å². The second-order valence-corrected chi connectivity index (χ2v) is 11.7. The molecule has 3 rings (SSSR count). The van der Waals surface area contributed by atoms with Crippen LogP contribution in [0.1, 0.15) is 113 Å². The summed E-state index contributed by atoms with van der Waals surface area (Å²) in [5.41, 5.74) is 4.42. The van der Waals surface area contributed by atoms with Gasteiger partial charge in [-0.15, -0.1) is 0 Å². The third-order valence-corrected chi connectivity index (χ3v) is 7.76. The number of unbranched alkanes of at least 4 members (excludes halogenated alkanes) is 10. The molecule has 0 saturated carbocycles. The molecule has 3 aromatic rings. The van der Waals surface area contributed by atoms with Gasteiger partial charge in [-0.25, -0.2) is 0 Å². The van der Waals surface area contributed by atoms with Crippen LogP contribution in [-0.4, -0.2) is 13.2 Å². The highest BCUT2D eigenvalue weighted by atomic mass is 79.9. The van der Waals surface area contributed by atoms with Gasteiger partial charge in [0.15, 0.2) is 0 Å². The van der Waals surface area contributed by atoms with E-state index >= 15 is 0 Å². The molecule has 0 aliphatic carbocycles. The summed E-state index contributed by atoms with van der Waals surface area (Å²) in [5.74, 6) is 1.82. The zero-order valence-corrected chi connectivity index (χ0v) is 26.8. The van der Waals surface area contributed by atoms with Gasteiger partial charge in [0.05, 0.1) is 13.2 Å². The number of rotatable bonds is 20. The van der Waals surface area contributed by atoms with Crippen LogP contribution in [0.5, 0.6) is 11.5 Å². The first-order chi connectivity index (χ1) is 20.2. The van der Waals surface area contributed by atoms with Crippen LogP contribution in [-0.2, 0) is 0 Å². The molecule has 0 saturated heterocycles. The maximum absolute atomic E-state index is 6.43. The van der Waals surface area contributed by atoms with Gasteiger partial charge in [0.1, 0.15) is 11.5 Å². The number of halogens is 1. The highest BCUT2D eigenvalue weighted by Crippen LogP contribution is 2.33. The van der Waals surface area contributed by atoms with E-state index in [0.29, 0.717) is 0 Å². The minimum atomic E-state index is 0.727. The lowest BCUT2D eigenvalue weighted by Gasteiger charge is -2.15. The quantitative estimate of drug-likeness (QED) is 0.0928. The molecular weight excluding hydrogens is 568 g/mol. The maximum Gasteiger partial charge on any atom is 0.127 e. The molecule has 0 aliphatic heterocycles. The van der Waals surface area contributed by atoms with Gasteiger partial charge in [-0.3, -0.25) is 0 Å². The first kappa shape index (κ1) is 32.7. The number of hydrogen-bond donors (Lipinski definition) is 0. The van der Waals surface area contributed by atoms with E-state index in [2.05, 4.69) is 115 Å². The fourth-order valence-corrected chi connectivity index (χ4v) is 5.01. The lowest BCUT2D eigenvalue weighted by atomic mass is 10.0. The molecule has 0 heterocycles. The van der Waals surface area contributed by atoms with Crippen molar-refractivity contribution in [3.63, 3.8) is 0 Å². The molecule has 0 spiro atoms. The molecule has 0 fully saturated rings. The molecule has 0 atom stereocenters. The molecule has 0 aliphatic rings. The molecule has 220 valence electrons. The summed E-state index contributed by atoms with van der Waals surface area (Å²) in [6, 6.07) is 23.1. The molecule has 0 N–H and O–H groups in total. The van der Waals surface area contributed by atoms with Crippen LogP contribution < -0.4 is 9.47 Å². The average Bonchev–Trinajstić information content (AvgIpc) is 3.00. The Labute approximate surface area is 258 Å². The van der Waals surface area contributed by atoms with Gasteiger partial charge in [-0.1, -0.05) is 161 Å². The predicted octanol–water partition coefficient (Wildman–Crippen LogP) is 12.3. The van der Waals surface area contributed by atoms with E-state index < -0.39 is 0 Å². The molecule has 2 nitrogen and oxygen atoms in total. The fourth-order valence-electron chi connectivity index (χ4n) is 4.74. The fraction of sp³-hybridized carbons (Fsp3) is 0.421. The Bertz CT molecular complexity index is 1160. The Morgan fingerprint density at radius 3 is 1.44 bits per heavy atom. The van der Waals surface area contributed by atoms with Crippen LogP contribution in [0.15, 0.2) is 71.2 Å². The molecule has 3 aromatic carbocycles. The van der Waals surface area contributed by atoms with E-state index in [9.17, 15) is 0 Å². The molecule has 0 unspecified atom stereocenters. The second-order valence-electron chi connectivity index (χ2n) is 10.8. The summed E-state index contributed by atoms with van der Waals surface area (Å²) in [5, 5.41) is 0. The third-order valence-electron chi connectivity index (χ3n) is 7.23. The molecule has 0 aromatic heterocycles. The van der Waals surface area contributed by atoms with Crippen molar-refractivity contribution in [2.45, 2.75) is 90.9 Å². The zero-order chi connectivity index (χ0) is 29.0. The Hall–Kier alpha value is -2.78. The van der Waals surface area contributed by atoms with E-state index in [1.807, 2.05) is 6.07 Å². The highest BCUT2D eigenvalue weighted by Gasteiger charge is 2.10. The molecule has 0 amide bonds. The lowest BCUT2D eigenvalue weighted by Crippen LogP contribution is -2.03. The first-order valence-electron chi connectivity index (χ1n) is 15.8. The van der Waals surface area contributed by atoms with Crippen LogP contribution in [0.4, 0.5) is 0 Å². The number of ether oxygens (including phenoxy) is 2. The first-order valence-corrected chi connectivity index (χ1v) is 16.6. The van der Waals surface area contributed by atoms with Gasteiger partial charge in [0, 0.05) is 15.6 Å². The minimum Gasteiger partial charge on any atom is -0.493 e. The van der Waals surface area contributed by atoms with Crippen molar-refractivity contribution < 1.29 is 9.47 Å². The summed E-state index contributed by atoms with van der Waals surface area (Å²) < 4.78 is 13.9. The summed E-state index contributed by atoms with van der Waals surface area (Å²) in [7, 11) is 0. The minimum absolute atomic E-state index is 0.727. The van der Waals surface area contributed by atoms with Gasteiger partial charge in [0.25, 0.3) is 0 Å². The van der Waals surface area contributed by atoms with Crippen LogP contribution in [0.2, 0.25) is 0 Å². The van der Waals surface area contributed by atoms with Crippen molar-refractivity contribution in [3.05, 3.63) is 93.5 Å². The van der Waals surface area contributed by atoms with E-state index in [1.165, 1.54) is 69.8 Å². The highest BCUT2D eigenvalue weighted by molar-refractivity contribution is 9.10. The van der Waals surface area contributed by atoms with Gasteiger partial charge < -0.3 is 9.47 Å². The number of benzene rings is 3. The molecule has 41 heavy (non-hydrogen) atoms. The van der Waals surface area contributed by atoms with Crippen LogP contribution in [0, 0.1) is 0 Å². The summed E-state index contributed by atoms with van der Waals surface area (Å²) >= 11 is 3.54. The molecular formula is C38H49BrO2. The van der Waals surface area contributed by atoms with Crippen molar-refractivity contribution >= 4 is 40.2 Å². The summed E-state index contributed by atoms with van der Waals surface area (Å²) in [4.78, 5) is 0. The van der Waals surface area contributed by atoms with E-state index in [1.54, 1.807) is 0 Å². The SMILES string of the molecule is CCCCCCCCOc1cc(/C=C/c2ccc(Br)cc2)c(OCCCCCCCC)cc1/C=C/c1ccccc1. The van der Waals surface area contributed by atoms with Crippen LogP contribution in [0.3, 0.4) is 0 Å². The summed E-state index contributed by atoms with van der Waals surface area (Å²) in [6.45, 7) is 5.98. The smallest absolute Gasteiger partial charge is 0.127 e. The Balaban J connectivity index is 1.82. The van der Waals surface area contributed by atoms with Gasteiger partial charge in [-0.2, -0.15) is 0 Å². The molecule has 0 radical (unpaired) electrons. The largest absolute Gasteiger partial charge is 0.493 e. The summed E-state index contributed by atoms with van der Waals surface area (Å²) in [6.07, 6.45) is 23.6. The van der Waals surface area contributed by atoms with Crippen LogP contribution >= 0.6 is 15.9 Å². The van der Waals surface area contributed by atoms with Crippen molar-refractivity contribution in [1.82, 2.24) is 0 Å². The molecule has 0 bridgehead atoms. The monoisotopic (exact) mass is 616 g/mol. The van der Waals surface area contributed by atoms with Crippen molar-refractivity contribution in [2.75, 3.05) is 13.2 Å². The maximum atomic E-state index is 6.43. The Morgan fingerprint density at radius 2 is 0.951 bits per heavy atom.